The Bertz CT molecular complexity index is 451. The van der Waals surface area contributed by atoms with Gasteiger partial charge in [0.2, 0.25) is 0 Å². The number of carbonyl (C=O) groups excluding carboxylic acids is 1. The van der Waals surface area contributed by atoms with Gasteiger partial charge < -0.3 is 5.11 Å². The van der Waals surface area contributed by atoms with Crippen molar-refractivity contribution in [1.29, 1.82) is 0 Å². The van der Waals surface area contributed by atoms with Crippen LogP contribution in [-0.4, -0.2) is 16.7 Å². The van der Waals surface area contributed by atoms with Gasteiger partial charge in [0.25, 0.3) is 5.91 Å². The molecule has 2 N–H and O–H groups in total. The molecule has 4 heteroatoms. The summed E-state index contributed by atoms with van der Waals surface area (Å²) in [4.78, 5) is 11.8. The van der Waals surface area contributed by atoms with Crippen LogP contribution in [0.15, 0.2) is 29.4 Å². The fourth-order valence-corrected chi connectivity index (χ4v) is 2.29. The van der Waals surface area contributed by atoms with E-state index in [1.807, 2.05) is 0 Å². The Morgan fingerprint density at radius 3 is 2.83 bits per heavy atom. The first-order valence-electron chi connectivity index (χ1n) is 6.36. The van der Waals surface area contributed by atoms with Gasteiger partial charge in [-0.05, 0) is 55.9 Å². The highest BCUT2D eigenvalue weighted by Crippen LogP contribution is 2.24. The number of phenols is 1. The molecule has 1 fully saturated rings. The van der Waals surface area contributed by atoms with E-state index in [9.17, 15) is 4.79 Å². The number of amides is 1. The Balaban J connectivity index is 1.99. The minimum absolute atomic E-state index is 0.153. The Labute approximate surface area is 107 Å². The lowest BCUT2D eigenvalue weighted by molar-refractivity contribution is 0.0954. The Morgan fingerprint density at radius 2 is 2.17 bits per heavy atom. The van der Waals surface area contributed by atoms with Crippen molar-refractivity contribution in [2.45, 2.75) is 32.6 Å². The van der Waals surface area contributed by atoms with Crippen molar-refractivity contribution in [3.05, 3.63) is 29.8 Å². The maximum Gasteiger partial charge on any atom is 0.271 e. The van der Waals surface area contributed by atoms with Crippen LogP contribution >= 0.6 is 0 Å². The molecule has 1 aliphatic rings. The van der Waals surface area contributed by atoms with E-state index < -0.39 is 0 Å². The van der Waals surface area contributed by atoms with E-state index in [-0.39, 0.29) is 11.7 Å². The lowest BCUT2D eigenvalue weighted by Gasteiger charge is -2.07. The lowest BCUT2D eigenvalue weighted by Crippen LogP contribution is -2.20. The molecule has 2 rings (SSSR count). The second kappa shape index (κ2) is 5.67. The standard InChI is InChI=1S/C14H18N2O2/c1-2-10-4-3-5-13(10)15-16-14(18)11-6-8-12(17)9-7-11/h6-10,17H,2-5H2,1H3,(H,16,18)/b15-13+. The minimum atomic E-state index is -0.232. The van der Waals surface area contributed by atoms with Crippen LogP contribution in [0.5, 0.6) is 5.75 Å². The van der Waals surface area contributed by atoms with Crippen LogP contribution in [0.1, 0.15) is 43.0 Å². The van der Waals surface area contributed by atoms with E-state index in [0.717, 1.165) is 25.0 Å². The molecule has 1 unspecified atom stereocenters. The molecule has 4 nitrogen and oxygen atoms in total. The topological polar surface area (TPSA) is 61.7 Å². The average molecular weight is 246 g/mol. The Kier molecular flexibility index (Phi) is 3.97. The zero-order chi connectivity index (χ0) is 13.0. The molecule has 0 heterocycles. The van der Waals surface area contributed by atoms with Crippen molar-refractivity contribution in [2.24, 2.45) is 11.0 Å². The minimum Gasteiger partial charge on any atom is -0.508 e. The van der Waals surface area contributed by atoms with Gasteiger partial charge in [-0.15, -0.1) is 0 Å². The summed E-state index contributed by atoms with van der Waals surface area (Å²) >= 11 is 0. The quantitative estimate of drug-likeness (QED) is 0.805. The molecule has 1 aliphatic carbocycles. The number of nitrogens with zero attached hydrogens (tertiary/aromatic N) is 1. The maximum atomic E-state index is 11.8. The zero-order valence-corrected chi connectivity index (χ0v) is 10.5. The van der Waals surface area contributed by atoms with Crippen molar-refractivity contribution < 1.29 is 9.90 Å². The lowest BCUT2D eigenvalue weighted by atomic mass is 10.0. The summed E-state index contributed by atoms with van der Waals surface area (Å²) < 4.78 is 0. The van der Waals surface area contributed by atoms with E-state index in [0.29, 0.717) is 11.5 Å². The van der Waals surface area contributed by atoms with Crippen LogP contribution in [0.4, 0.5) is 0 Å². The number of carbonyl (C=O) groups is 1. The summed E-state index contributed by atoms with van der Waals surface area (Å²) in [5.74, 6) is 0.439. The third kappa shape index (κ3) is 2.88. The first-order valence-corrected chi connectivity index (χ1v) is 6.36. The van der Waals surface area contributed by atoms with Gasteiger partial charge in [-0.25, -0.2) is 5.43 Å². The highest BCUT2D eigenvalue weighted by Gasteiger charge is 2.20. The molecule has 0 bridgehead atoms. The van der Waals surface area contributed by atoms with Crippen LogP contribution in [-0.2, 0) is 0 Å². The van der Waals surface area contributed by atoms with Gasteiger partial charge in [0.1, 0.15) is 5.75 Å². The zero-order valence-electron chi connectivity index (χ0n) is 10.5. The van der Waals surface area contributed by atoms with Crippen LogP contribution in [0, 0.1) is 5.92 Å². The van der Waals surface area contributed by atoms with Crippen molar-refractivity contribution in [1.82, 2.24) is 5.43 Å². The molecule has 96 valence electrons. The second-order valence-electron chi connectivity index (χ2n) is 4.59. The molecule has 0 spiro atoms. The summed E-state index contributed by atoms with van der Waals surface area (Å²) in [5.41, 5.74) is 4.20. The van der Waals surface area contributed by atoms with Gasteiger partial charge in [-0.3, -0.25) is 4.79 Å². The smallest absolute Gasteiger partial charge is 0.271 e. The SMILES string of the molecule is CCC1CCC/C1=N\NC(=O)c1ccc(O)cc1. The number of nitrogens with one attached hydrogen (secondary N) is 1. The largest absolute Gasteiger partial charge is 0.508 e. The Hall–Kier alpha value is -1.84. The highest BCUT2D eigenvalue weighted by molar-refractivity contribution is 5.96. The molecular weight excluding hydrogens is 228 g/mol. The van der Waals surface area contributed by atoms with Crippen molar-refractivity contribution in [3.8, 4) is 5.75 Å². The summed E-state index contributed by atoms with van der Waals surface area (Å²) in [6, 6.07) is 6.15. The molecule has 0 aliphatic heterocycles. The molecular formula is C14H18N2O2. The van der Waals surface area contributed by atoms with Gasteiger partial charge in [0.15, 0.2) is 0 Å². The monoisotopic (exact) mass is 246 g/mol. The van der Waals surface area contributed by atoms with Gasteiger partial charge in [0.05, 0.1) is 0 Å². The van der Waals surface area contributed by atoms with Gasteiger partial charge in [-0.1, -0.05) is 6.92 Å². The van der Waals surface area contributed by atoms with Crippen LogP contribution in [0.25, 0.3) is 0 Å². The van der Waals surface area contributed by atoms with Crippen molar-refractivity contribution in [3.63, 3.8) is 0 Å². The Morgan fingerprint density at radius 1 is 1.44 bits per heavy atom. The van der Waals surface area contributed by atoms with E-state index >= 15 is 0 Å². The fraction of sp³-hybridized carbons (Fsp3) is 0.429. The van der Waals surface area contributed by atoms with E-state index in [2.05, 4.69) is 17.5 Å². The number of benzene rings is 1. The molecule has 1 aromatic carbocycles. The highest BCUT2D eigenvalue weighted by atomic mass is 16.3. The van der Waals surface area contributed by atoms with Crippen molar-refractivity contribution >= 4 is 11.6 Å². The predicted molar refractivity (Wildman–Crippen MR) is 70.6 cm³/mol. The van der Waals surface area contributed by atoms with Gasteiger partial charge in [0, 0.05) is 11.3 Å². The number of hydrazone groups is 1. The maximum absolute atomic E-state index is 11.8. The second-order valence-corrected chi connectivity index (χ2v) is 4.59. The predicted octanol–water partition coefficient (Wildman–Crippen LogP) is 2.69. The number of phenolic OH excluding ortho intramolecular Hbond substituents is 1. The number of rotatable bonds is 3. The molecule has 1 saturated carbocycles. The van der Waals surface area contributed by atoms with E-state index in [4.69, 9.17) is 5.11 Å². The molecule has 18 heavy (non-hydrogen) atoms. The van der Waals surface area contributed by atoms with Crippen LogP contribution < -0.4 is 5.43 Å². The molecule has 1 atom stereocenters. The van der Waals surface area contributed by atoms with Gasteiger partial charge >= 0.3 is 0 Å². The van der Waals surface area contributed by atoms with E-state index in [1.54, 1.807) is 12.1 Å². The first-order chi connectivity index (χ1) is 8.70. The third-order valence-corrected chi connectivity index (χ3v) is 3.38. The normalized spacial score (nSPS) is 21.2. The first kappa shape index (κ1) is 12.6. The van der Waals surface area contributed by atoms with Gasteiger partial charge in [-0.2, -0.15) is 5.10 Å². The third-order valence-electron chi connectivity index (χ3n) is 3.38. The summed E-state index contributed by atoms with van der Waals surface area (Å²) in [7, 11) is 0. The summed E-state index contributed by atoms with van der Waals surface area (Å²) in [5, 5.41) is 13.4. The molecule has 0 aromatic heterocycles. The van der Waals surface area contributed by atoms with Crippen LogP contribution in [0.2, 0.25) is 0 Å². The molecule has 1 aromatic rings. The average Bonchev–Trinajstić information content (AvgIpc) is 2.84. The summed E-state index contributed by atoms with van der Waals surface area (Å²) in [6.45, 7) is 2.15. The van der Waals surface area contributed by atoms with E-state index in [1.165, 1.54) is 18.6 Å². The summed E-state index contributed by atoms with van der Waals surface area (Å²) in [6.07, 6.45) is 4.39. The number of hydrogen-bond donors (Lipinski definition) is 2. The number of aromatic hydroxyl groups is 1. The molecule has 0 radical (unpaired) electrons. The number of hydrogen-bond acceptors (Lipinski definition) is 3. The van der Waals surface area contributed by atoms with Crippen molar-refractivity contribution in [2.75, 3.05) is 0 Å². The molecule has 0 saturated heterocycles. The van der Waals surface area contributed by atoms with Crippen LogP contribution in [0.3, 0.4) is 0 Å². The molecule has 1 amide bonds. The fourth-order valence-electron chi connectivity index (χ4n) is 2.29.